The van der Waals surface area contributed by atoms with E-state index in [4.69, 9.17) is 0 Å². The Balaban J connectivity index is 1.44. The number of aliphatic carboxylic acids is 1. The largest absolute Gasteiger partial charge is 0.477 e. The zero-order valence-electron chi connectivity index (χ0n) is 15.2. The van der Waals surface area contributed by atoms with E-state index in [2.05, 4.69) is 0 Å². The summed E-state index contributed by atoms with van der Waals surface area (Å²) in [5.74, 6) is -1.44. The van der Waals surface area contributed by atoms with Gasteiger partial charge in [0.05, 0.1) is 18.1 Å². The number of β-lactam (4-membered cyclic amide) rings is 1. The quantitative estimate of drug-likeness (QED) is 0.697. The van der Waals surface area contributed by atoms with Crippen LogP contribution in [0.4, 0.5) is 0 Å². The number of aliphatic hydroxyl groups is 1. The first-order valence-corrected chi connectivity index (χ1v) is 10.1. The van der Waals surface area contributed by atoms with Crippen LogP contribution in [0.15, 0.2) is 76.2 Å². The summed E-state index contributed by atoms with van der Waals surface area (Å²) in [5, 5.41) is 20.0. The van der Waals surface area contributed by atoms with Gasteiger partial charge in [0.2, 0.25) is 5.91 Å². The third-order valence-corrected chi connectivity index (χ3v) is 6.49. The standard InChI is InChI=1S/C22H21NO4S/c24-18(14-7-3-1-4-8-14)12-11-16-17-13-19(28-15-9-5-2-6-10-15)20(22(26)27)23(17)21(16)25/h1-10,16-18,24H,11-13H2,(H,26,27). The van der Waals surface area contributed by atoms with Crippen molar-refractivity contribution in [3.63, 3.8) is 0 Å². The summed E-state index contributed by atoms with van der Waals surface area (Å²) in [6.07, 6.45) is 0.967. The van der Waals surface area contributed by atoms with Gasteiger partial charge in [0.25, 0.3) is 0 Å². The van der Waals surface area contributed by atoms with Crippen LogP contribution in [-0.2, 0) is 9.59 Å². The average molecular weight is 395 g/mol. The molecule has 0 spiro atoms. The zero-order valence-corrected chi connectivity index (χ0v) is 16.0. The van der Waals surface area contributed by atoms with E-state index < -0.39 is 12.1 Å². The van der Waals surface area contributed by atoms with Gasteiger partial charge < -0.3 is 15.1 Å². The molecule has 2 heterocycles. The van der Waals surface area contributed by atoms with E-state index in [9.17, 15) is 19.8 Å². The maximum atomic E-state index is 12.6. The second-order valence-corrected chi connectivity index (χ2v) is 8.25. The molecule has 2 N–H and O–H groups in total. The van der Waals surface area contributed by atoms with Gasteiger partial charge in [0.1, 0.15) is 5.70 Å². The van der Waals surface area contributed by atoms with Crippen molar-refractivity contribution in [1.29, 1.82) is 0 Å². The number of carboxylic acid groups (broad SMARTS) is 1. The summed E-state index contributed by atoms with van der Waals surface area (Å²) in [6.45, 7) is 0. The van der Waals surface area contributed by atoms with E-state index in [0.717, 1.165) is 15.4 Å². The minimum absolute atomic E-state index is 0.115. The highest BCUT2D eigenvalue weighted by Crippen LogP contribution is 2.49. The highest BCUT2D eigenvalue weighted by molar-refractivity contribution is 8.03. The van der Waals surface area contributed by atoms with Crippen LogP contribution < -0.4 is 0 Å². The lowest BCUT2D eigenvalue weighted by molar-refractivity contribution is -0.155. The molecule has 1 fully saturated rings. The Morgan fingerprint density at radius 3 is 2.39 bits per heavy atom. The van der Waals surface area contributed by atoms with E-state index in [1.165, 1.54) is 16.7 Å². The van der Waals surface area contributed by atoms with E-state index in [-0.39, 0.29) is 23.6 Å². The van der Waals surface area contributed by atoms with Crippen LogP contribution in [-0.4, -0.2) is 33.0 Å². The molecule has 0 aromatic heterocycles. The summed E-state index contributed by atoms with van der Waals surface area (Å²) in [7, 11) is 0. The van der Waals surface area contributed by atoms with Crippen molar-refractivity contribution in [2.75, 3.05) is 0 Å². The monoisotopic (exact) mass is 395 g/mol. The van der Waals surface area contributed by atoms with Gasteiger partial charge >= 0.3 is 5.97 Å². The smallest absolute Gasteiger partial charge is 0.353 e. The molecule has 144 valence electrons. The number of carbonyl (C=O) groups excluding carboxylic acids is 1. The minimum atomic E-state index is -1.06. The van der Waals surface area contributed by atoms with Gasteiger partial charge in [-0.3, -0.25) is 4.79 Å². The van der Waals surface area contributed by atoms with Crippen molar-refractivity contribution in [3.8, 4) is 0 Å². The number of fused-ring (bicyclic) bond motifs is 1. The molecule has 2 aliphatic rings. The third-order valence-electron chi connectivity index (χ3n) is 5.37. The first-order chi connectivity index (χ1) is 13.6. The predicted molar refractivity (Wildman–Crippen MR) is 106 cm³/mol. The number of hydrogen-bond acceptors (Lipinski definition) is 4. The Hall–Kier alpha value is -2.57. The number of nitrogens with zero attached hydrogens (tertiary/aromatic N) is 1. The third kappa shape index (κ3) is 3.45. The van der Waals surface area contributed by atoms with E-state index in [0.29, 0.717) is 19.3 Å². The lowest BCUT2D eigenvalue weighted by Gasteiger charge is -2.43. The highest BCUT2D eigenvalue weighted by Gasteiger charge is 2.54. The first kappa shape index (κ1) is 18.8. The molecular formula is C22H21NO4S. The number of rotatable bonds is 7. The van der Waals surface area contributed by atoms with Crippen LogP contribution in [0.1, 0.15) is 30.9 Å². The maximum absolute atomic E-state index is 12.6. The summed E-state index contributed by atoms with van der Waals surface area (Å²) >= 11 is 1.42. The van der Waals surface area contributed by atoms with E-state index in [1.807, 2.05) is 60.7 Å². The molecule has 2 aromatic carbocycles. The second-order valence-electron chi connectivity index (χ2n) is 7.08. The fourth-order valence-electron chi connectivity index (χ4n) is 3.97. The number of thioether (sulfide) groups is 1. The van der Waals surface area contributed by atoms with E-state index in [1.54, 1.807) is 0 Å². The molecule has 3 unspecified atom stereocenters. The number of aliphatic hydroxyl groups excluding tert-OH is 1. The number of hydrogen-bond donors (Lipinski definition) is 2. The molecule has 0 aliphatic carbocycles. The number of carbonyl (C=O) groups is 2. The van der Waals surface area contributed by atoms with Gasteiger partial charge in [0, 0.05) is 16.2 Å². The molecule has 2 aromatic rings. The summed E-state index contributed by atoms with van der Waals surface area (Å²) in [6, 6.07) is 18.9. The lowest BCUT2D eigenvalue weighted by Crippen LogP contribution is -2.58. The van der Waals surface area contributed by atoms with Crippen LogP contribution in [0.5, 0.6) is 0 Å². The molecule has 0 bridgehead atoms. The normalized spacial score (nSPS) is 22.0. The van der Waals surface area contributed by atoms with Crippen molar-refractivity contribution in [2.45, 2.75) is 36.3 Å². The number of carboxylic acids is 1. The van der Waals surface area contributed by atoms with Crippen molar-refractivity contribution < 1.29 is 19.8 Å². The van der Waals surface area contributed by atoms with Crippen molar-refractivity contribution in [1.82, 2.24) is 4.90 Å². The minimum Gasteiger partial charge on any atom is -0.477 e. The Labute approximate surface area is 167 Å². The molecule has 0 radical (unpaired) electrons. The van der Waals surface area contributed by atoms with Gasteiger partial charge in [-0.1, -0.05) is 60.3 Å². The average Bonchev–Trinajstić information content (AvgIpc) is 3.04. The molecule has 3 atom stereocenters. The highest BCUT2D eigenvalue weighted by atomic mass is 32.2. The number of benzene rings is 2. The van der Waals surface area contributed by atoms with Crippen LogP contribution in [0.3, 0.4) is 0 Å². The van der Waals surface area contributed by atoms with Crippen molar-refractivity contribution in [3.05, 3.63) is 76.8 Å². The molecule has 4 rings (SSSR count). The summed E-state index contributed by atoms with van der Waals surface area (Å²) in [4.78, 5) is 27.6. The second kappa shape index (κ2) is 7.81. The Morgan fingerprint density at radius 2 is 1.75 bits per heavy atom. The Morgan fingerprint density at radius 1 is 1.11 bits per heavy atom. The van der Waals surface area contributed by atoms with Crippen molar-refractivity contribution >= 4 is 23.6 Å². The molecule has 0 saturated carbocycles. The maximum Gasteiger partial charge on any atom is 0.353 e. The van der Waals surface area contributed by atoms with Crippen LogP contribution in [0.25, 0.3) is 0 Å². The fraction of sp³-hybridized carbons (Fsp3) is 0.273. The molecule has 1 saturated heterocycles. The summed E-state index contributed by atoms with van der Waals surface area (Å²) < 4.78 is 0. The fourth-order valence-corrected chi connectivity index (χ4v) is 5.09. The van der Waals surface area contributed by atoms with Crippen LogP contribution >= 0.6 is 11.8 Å². The predicted octanol–water partition coefficient (Wildman–Crippen LogP) is 3.82. The first-order valence-electron chi connectivity index (χ1n) is 9.31. The van der Waals surface area contributed by atoms with Crippen molar-refractivity contribution in [2.24, 2.45) is 5.92 Å². The number of amides is 1. The van der Waals surface area contributed by atoms with E-state index >= 15 is 0 Å². The SMILES string of the molecule is O=C(O)C1=C(Sc2ccccc2)CC2C(CCC(O)c3ccccc3)C(=O)N12. The molecular weight excluding hydrogens is 374 g/mol. The van der Waals surface area contributed by atoms with Crippen LogP contribution in [0, 0.1) is 5.92 Å². The van der Waals surface area contributed by atoms with Gasteiger partial charge in [0.15, 0.2) is 0 Å². The van der Waals surface area contributed by atoms with Gasteiger partial charge in [-0.2, -0.15) is 0 Å². The van der Waals surface area contributed by atoms with Gasteiger partial charge in [-0.15, -0.1) is 0 Å². The Kier molecular flexibility index (Phi) is 5.24. The topological polar surface area (TPSA) is 77.8 Å². The molecule has 5 nitrogen and oxygen atoms in total. The molecule has 1 amide bonds. The van der Waals surface area contributed by atoms with Crippen LogP contribution in [0.2, 0.25) is 0 Å². The zero-order chi connectivity index (χ0) is 19.7. The lowest BCUT2D eigenvalue weighted by atomic mass is 9.82. The molecule has 28 heavy (non-hydrogen) atoms. The van der Waals surface area contributed by atoms with Gasteiger partial charge in [-0.25, -0.2) is 4.79 Å². The summed E-state index contributed by atoms with van der Waals surface area (Å²) in [5.41, 5.74) is 0.950. The Bertz CT molecular complexity index is 913. The molecule has 6 heteroatoms. The van der Waals surface area contributed by atoms with Gasteiger partial charge in [-0.05, 0) is 30.5 Å². The molecule has 2 aliphatic heterocycles.